The van der Waals surface area contributed by atoms with Gasteiger partial charge in [-0.3, -0.25) is 0 Å². The zero-order valence-electron chi connectivity index (χ0n) is 9.65. The first-order chi connectivity index (χ1) is 6.24. The van der Waals surface area contributed by atoms with Crippen molar-refractivity contribution in [1.29, 1.82) is 0 Å². The average Bonchev–Trinajstić information content (AvgIpc) is 2.17. The van der Waals surface area contributed by atoms with Gasteiger partial charge < -0.3 is 9.74 Å². The van der Waals surface area contributed by atoms with Crippen LogP contribution in [0.15, 0.2) is 0 Å². The standard InChI is InChI=1S/C10H25NOSi/c1-5-12-13(6-2,7-3)10-8-9-11-4/h11H,5-10H2,1-4H3. The molecule has 0 saturated carbocycles. The molecule has 0 rings (SSSR count). The molecule has 80 valence electrons. The quantitative estimate of drug-likeness (QED) is 0.484. The van der Waals surface area contributed by atoms with Crippen molar-refractivity contribution in [3.05, 3.63) is 0 Å². The topological polar surface area (TPSA) is 21.3 Å². The summed E-state index contributed by atoms with van der Waals surface area (Å²) >= 11 is 0. The average molecular weight is 203 g/mol. The summed E-state index contributed by atoms with van der Waals surface area (Å²) in [7, 11) is 0.695. The summed E-state index contributed by atoms with van der Waals surface area (Å²) in [6, 6.07) is 3.84. The largest absolute Gasteiger partial charge is 0.417 e. The first-order valence-electron chi connectivity index (χ1n) is 5.53. The monoisotopic (exact) mass is 203 g/mol. The Labute approximate surface area is 84.2 Å². The van der Waals surface area contributed by atoms with E-state index in [9.17, 15) is 0 Å². The van der Waals surface area contributed by atoms with Gasteiger partial charge in [0.25, 0.3) is 0 Å². The van der Waals surface area contributed by atoms with Gasteiger partial charge in [-0.1, -0.05) is 13.8 Å². The Kier molecular flexibility index (Phi) is 7.61. The van der Waals surface area contributed by atoms with Gasteiger partial charge in [0.05, 0.1) is 0 Å². The van der Waals surface area contributed by atoms with Crippen molar-refractivity contribution >= 4 is 8.32 Å². The van der Waals surface area contributed by atoms with Crippen molar-refractivity contribution in [2.45, 2.75) is 45.3 Å². The highest BCUT2D eigenvalue weighted by Crippen LogP contribution is 2.23. The van der Waals surface area contributed by atoms with Crippen LogP contribution in [0, 0.1) is 0 Å². The molecule has 13 heavy (non-hydrogen) atoms. The lowest BCUT2D eigenvalue weighted by molar-refractivity contribution is 0.319. The van der Waals surface area contributed by atoms with E-state index in [1.54, 1.807) is 0 Å². The summed E-state index contributed by atoms with van der Waals surface area (Å²) in [5.74, 6) is 0. The third-order valence-corrected chi connectivity index (χ3v) is 7.54. The summed E-state index contributed by atoms with van der Waals surface area (Å²) < 4.78 is 5.99. The highest BCUT2D eigenvalue weighted by atomic mass is 28.4. The minimum atomic E-state index is -1.32. The minimum absolute atomic E-state index is 0.896. The lowest BCUT2D eigenvalue weighted by Crippen LogP contribution is -2.37. The van der Waals surface area contributed by atoms with E-state index < -0.39 is 8.32 Å². The lowest BCUT2D eigenvalue weighted by Gasteiger charge is -2.28. The molecule has 0 aromatic rings. The normalized spacial score (nSPS) is 12.0. The van der Waals surface area contributed by atoms with E-state index in [1.807, 2.05) is 7.05 Å². The van der Waals surface area contributed by atoms with Crippen molar-refractivity contribution in [2.24, 2.45) is 0 Å². The van der Waals surface area contributed by atoms with Crippen LogP contribution in [0.2, 0.25) is 18.1 Å². The van der Waals surface area contributed by atoms with Gasteiger partial charge in [-0.05, 0) is 45.1 Å². The summed E-state index contributed by atoms with van der Waals surface area (Å²) in [5.41, 5.74) is 0. The highest BCUT2D eigenvalue weighted by Gasteiger charge is 2.29. The third-order valence-electron chi connectivity index (χ3n) is 2.80. The van der Waals surface area contributed by atoms with E-state index in [0.29, 0.717) is 0 Å². The fraction of sp³-hybridized carbons (Fsp3) is 1.00. The molecule has 0 amide bonds. The fourth-order valence-electron chi connectivity index (χ4n) is 1.77. The Bertz CT molecular complexity index is 115. The Morgan fingerprint density at radius 2 is 1.77 bits per heavy atom. The van der Waals surface area contributed by atoms with Crippen molar-refractivity contribution in [1.82, 2.24) is 5.32 Å². The van der Waals surface area contributed by atoms with Gasteiger partial charge in [0.1, 0.15) is 0 Å². The van der Waals surface area contributed by atoms with E-state index in [4.69, 9.17) is 4.43 Å². The minimum Gasteiger partial charge on any atom is -0.417 e. The molecule has 0 spiro atoms. The SMILES string of the molecule is CCO[Si](CC)(CC)CCCNC. The second-order valence-electron chi connectivity index (χ2n) is 3.53. The first-order valence-corrected chi connectivity index (χ1v) is 8.06. The van der Waals surface area contributed by atoms with Gasteiger partial charge in [-0.25, -0.2) is 0 Å². The van der Waals surface area contributed by atoms with Crippen LogP contribution in [0.3, 0.4) is 0 Å². The molecule has 3 heteroatoms. The Morgan fingerprint density at radius 1 is 1.15 bits per heavy atom. The molecule has 0 bridgehead atoms. The van der Waals surface area contributed by atoms with E-state index in [1.165, 1.54) is 24.6 Å². The van der Waals surface area contributed by atoms with E-state index in [-0.39, 0.29) is 0 Å². The predicted molar refractivity (Wildman–Crippen MR) is 61.7 cm³/mol. The first kappa shape index (κ1) is 13.1. The van der Waals surface area contributed by atoms with Gasteiger partial charge in [0.2, 0.25) is 0 Å². The fourth-order valence-corrected chi connectivity index (χ4v) is 4.97. The molecular weight excluding hydrogens is 178 g/mol. The van der Waals surface area contributed by atoms with E-state index >= 15 is 0 Å². The molecule has 1 N–H and O–H groups in total. The van der Waals surface area contributed by atoms with Crippen LogP contribution in [-0.4, -0.2) is 28.5 Å². The summed E-state index contributed by atoms with van der Waals surface area (Å²) in [5, 5.41) is 3.20. The molecule has 0 aromatic heterocycles. The second kappa shape index (κ2) is 7.53. The van der Waals surface area contributed by atoms with E-state index in [2.05, 4.69) is 26.1 Å². The maximum absolute atomic E-state index is 5.99. The van der Waals surface area contributed by atoms with Gasteiger partial charge in [-0.15, -0.1) is 0 Å². The van der Waals surface area contributed by atoms with Crippen LogP contribution in [-0.2, 0) is 4.43 Å². The van der Waals surface area contributed by atoms with Crippen molar-refractivity contribution in [3.8, 4) is 0 Å². The lowest BCUT2D eigenvalue weighted by atomic mass is 10.5. The molecule has 2 nitrogen and oxygen atoms in total. The Balaban J connectivity index is 3.89. The van der Waals surface area contributed by atoms with Crippen LogP contribution < -0.4 is 5.32 Å². The molecule has 0 fully saturated rings. The van der Waals surface area contributed by atoms with Crippen LogP contribution >= 0.6 is 0 Å². The van der Waals surface area contributed by atoms with Gasteiger partial charge in [0.15, 0.2) is 8.32 Å². The summed E-state index contributed by atoms with van der Waals surface area (Å²) in [6.07, 6.45) is 1.27. The second-order valence-corrected chi connectivity index (χ2v) is 8.10. The molecule has 0 aliphatic heterocycles. The van der Waals surface area contributed by atoms with Crippen LogP contribution in [0.5, 0.6) is 0 Å². The van der Waals surface area contributed by atoms with Crippen molar-refractivity contribution in [3.63, 3.8) is 0 Å². The molecular formula is C10H25NOSi. The Hall–Kier alpha value is 0.137. The van der Waals surface area contributed by atoms with Gasteiger partial charge >= 0.3 is 0 Å². The van der Waals surface area contributed by atoms with E-state index in [0.717, 1.165) is 13.2 Å². The van der Waals surface area contributed by atoms with Crippen LogP contribution in [0.25, 0.3) is 0 Å². The van der Waals surface area contributed by atoms with Gasteiger partial charge in [0, 0.05) is 6.61 Å². The maximum atomic E-state index is 5.99. The third kappa shape index (κ3) is 4.79. The number of hydrogen-bond acceptors (Lipinski definition) is 2. The van der Waals surface area contributed by atoms with Crippen LogP contribution in [0.1, 0.15) is 27.2 Å². The molecule has 0 unspecified atom stereocenters. The zero-order valence-corrected chi connectivity index (χ0v) is 10.7. The number of hydrogen-bond donors (Lipinski definition) is 1. The van der Waals surface area contributed by atoms with Crippen molar-refractivity contribution in [2.75, 3.05) is 20.2 Å². The Morgan fingerprint density at radius 3 is 2.15 bits per heavy atom. The molecule has 0 aromatic carbocycles. The smallest absolute Gasteiger partial charge is 0.192 e. The molecule has 0 radical (unpaired) electrons. The molecule has 0 aliphatic rings. The predicted octanol–water partition coefficient (Wildman–Crippen LogP) is 2.62. The molecule has 0 atom stereocenters. The summed E-state index contributed by atoms with van der Waals surface area (Å²) in [6.45, 7) is 8.70. The number of nitrogens with one attached hydrogen (secondary N) is 1. The molecule has 0 saturated heterocycles. The van der Waals surface area contributed by atoms with Gasteiger partial charge in [-0.2, -0.15) is 0 Å². The number of rotatable bonds is 8. The highest BCUT2D eigenvalue weighted by molar-refractivity contribution is 6.73. The molecule has 0 heterocycles. The zero-order chi connectivity index (χ0) is 10.2. The maximum Gasteiger partial charge on any atom is 0.192 e. The molecule has 0 aliphatic carbocycles. The summed E-state index contributed by atoms with van der Waals surface area (Å²) in [4.78, 5) is 0. The van der Waals surface area contributed by atoms with Crippen molar-refractivity contribution < 1.29 is 4.43 Å². The van der Waals surface area contributed by atoms with Crippen LogP contribution in [0.4, 0.5) is 0 Å².